The number of alkyl halides is 3. The highest BCUT2D eigenvalue weighted by atomic mass is 32.2. The number of halogens is 3. The molecule has 0 fully saturated rings. The monoisotopic (exact) mass is 322 g/mol. The quantitative estimate of drug-likeness (QED) is 0.675. The van der Waals surface area contributed by atoms with E-state index in [2.05, 4.69) is 5.32 Å². The van der Waals surface area contributed by atoms with Crippen LogP contribution in [0.4, 0.5) is 13.2 Å². The molecule has 0 amide bonds. The van der Waals surface area contributed by atoms with Crippen molar-refractivity contribution >= 4 is 11.8 Å². The molecule has 3 nitrogen and oxygen atoms in total. The van der Waals surface area contributed by atoms with Gasteiger partial charge in [-0.1, -0.05) is 12.1 Å². The third-order valence-corrected chi connectivity index (χ3v) is 3.67. The van der Waals surface area contributed by atoms with Crippen LogP contribution in [0.5, 0.6) is 0 Å². The van der Waals surface area contributed by atoms with E-state index in [4.69, 9.17) is 5.73 Å². The molecule has 0 radical (unpaired) electrons. The Kier molecular flexibility index (Phi) is 6.99. The smallest absolute Gasteiger partial charge is 0.393 e. The molecule has 0 aliphatic carbocycles. The minimum absolute atomic E-state index is 0.0581. The van der Waals surface area contributed by atoms with E-state index in [1.54, 1.807) is 19.1 Å². The summed E-state index contributed by atoms with van der Waals surface area (Å²) in [6.45, 7) is 3.97. The van der Waals surface area contributed by atoms with Crippen LogP contribution >= 0.6 is 11.8 Å². The lowest BCUT2D eigenvalue weighted by Gasteiger charge is -2.23. The Bertz CT molecular complexity index is 423. The number of nitrogens with one attached hydrogen (secondary N) is 1. The molecule has 1 aromatic carbocycles. The number of hydrogen-bond acceptors (Lipinski definition) is 4. The Balaban J connectivity index is 2.69. The molecule has 3 atom stereocenters. The van der Waals surface area contributed by atoms with Crippen molar-refractivity contribution < 1.29 is 18.3 Å². The van der Waals surface area contributed by atoms with Gasteiger partial charge in [0.05, 0.1) is 6.10 Å². The van der Waals surface area contributed by atoms with E-state index in [0.717, 1.165) is 5.56 Å². The number of benzene rings is 1. The molecular formula is C14H21F3N2OS. The molecule has 0 saturated carbocycles. The lowest BCUT2D eigenvalue weighted by molar-refractivity contribution is -0.0328. The van der Waals surface area contributed by atoms with E-state index in [1.165, 1.54) is 12.1 Å². The number of nitrogens with two attached hydrogens (primary N) is 1. The van der Waals surface area contributed by atoms with Crippen molar-refractivity contribution in [3.05, 3.63) is 29.8 Å². The SMILES string of the molecule is CC(O)CC(C)NC(CN)c1ccc(SC(F)(F)F)cc1. The van der Waals surface area contributed by atoms with Crippen LogP contribution in [0.25, 0.3) is 0 Å². The van der Waals surface area contributed by atoms with E-state index >= 15 is 0 Å². The first kappa shape index (κ1) is 18.3. The number of hydrogen-bond donors (Lipinski definition) is 3. The fraction of sp³-hybridized carbons (Fsp3) is 0.571. The Labute approximate surface area is 127 Å². The number of aliphatic hydroxyl groups excluding tert-OH is 1. The van der Waals surface area contributed by atoms with Crippen LogP contribution in [0.3, 0.4) is 0 Å². The summed E-state index contributed by atoms with van der Waals surface area (Å²) in [7, 11) is 0. The van der Waals surface area contributed by atoms with E-state index in [0.29, 0.717) is 13.0 Å². The third kappa shape index (κ3) is 7.17. The molecule has 7 heteroatoms. The second-order valence-corrected chi connectivity index (χ2v) is 6.20. The topological polar surface area (TPSA) is 58.3 Å². The lowest BCUT2D eigenvalue weighted by Crippen LogP contribution is -2.36. The fourth-order valence-electron chi connectivity index (χ4n) is 2.13. The molecule has 0 aromatic heterocycles. The normalized spacial score (nSPS) is 16.5. The maximum atomic E-state index is 12.3. The predicted molar refractivity (Wildman–Crippen MR) is 79.0 cm³/mol. The predicted octanol–water partition coefficient (Wildman–Crippen LogP) is 3.05. The zero-order valence-corrected chi connectivity index (χ0v) is 12.8. The first-order valence-corrected chi connectivity index (χ1v) is 7.52. The summed E-state index contributed by atoms with van der Waals surface area (Å²) in [5.74, 6) is 0. The summed E-state index contributed by atoms with van der Waals surface area (Å²) in [6, 6.07) is 6.09. The Morgan fingerprint density at radius 2 is 1.81 bits per heavy atom. The number of thioether (sulfide) groups is 1. The van der Waals surface area contributed by atoms with Crippen LogP contribution in [0, 0.1) is 0 Å². The van der Waals surface area contributed by atoms with Gasteiger partial charge < -0.3 is 16.2 Å². The van der Waals surface area contributed by atoms with Crippen molar-refractivity contribution in [1.82, 2.24) is 5.32 Å². The Morgan fingerprint density at radius 1 is 1.24 bits per heavy atom. The summed E-state index contributed by atoms with van der Waals surface area (Å²) in [5.41, 5.74) is 2.27. The molecule has 1 aromatic rings. The Hall–Kier alpha value is -0.760. The third-order valence-electron chi connectivity index (χ3n) is 2.93. The molecule has 21 heavy (non-hydrogen) atoms. The van der Waals surface area contributed by atoms with Crippen molar-refractivity contribution in [2.45, 2.75) is 48.9 Å². The molecule has 3 unspecified atom stereocenters. The summed E-state index contributed by atoms with van der Waals surface area (Å²) < 4.78 is 36.8. The van der Waals surface area contributed by atoms with Gasteiger partial charge in [0, 0.05) is 23.5 Å². The first-order valence-electron chi connectivity index (χ1n) is 6.71. The summed E-state index contributed by atoms with van der Waals surface area (Å²) in [6.07, 6.45) is 0.162. The molecule has 0 aliphatic heterocycles. The summed E-state index contributed by atoms with van der Waals surface area (Å²) in [5, 5.41) is 12.6. The van der Waals surface area contributed by atoms with Crippen LogP contribution < -0.4 is 11.1 Å². The largest absolute Gasteiger partial charge is 0.446 e. The molecule has 0 spiro atoms. The van der Waals surface area contributed by atoms with Crippen LogP contribution in [0.15, 0.2) is 29.2 Å². The minimum atomic E-state index is -4.28. The molecule has 0 bridgehead atoms. The van der Waals surface area contributed by atoms with Crippen molar-refractivity contribution in [2.75, 3.05) is 6.54 Å². The van der Waals surface area contributed by atoms with Crippen molar-refractivity contribution in [3.63, 3.8) is 0 Å². The van der Waals surface area contributed by atoms with Crippen molar-refractivity contribution in [3.8, 4) is 0 Å². The lowest BCUT2D eigenvalue weighted by atomic mass is 10.0. The van der Waals surface area contributed by atoms with Gasteiger partial charge in [-0.15, -0.1) is 0 Å². The Morgan fingerprint density at radius 3 is 2.24 bits per heavy atom. The van der Waals surface area contributed by atoms with Gasteiger partial charge in [-0.2, -0.15) is 13.2 Å². The van der Waals surface area contributed by atoms with Gasteiger partial charge in [-0.3, -0.25) is 0 Å². The first-order chi connectivity index (χ1) is 9.71. The molecule has 4 N–H and O–H groups in total. The highest BCUT2D eigenvalue weighted by Crippen LogP contribution is 2.37. The average Bonchev–Trinajstić information content (AvgIpc) is 2.34. The van der Waals surface area contributed by atoms with Gasteiger partial charge >= 0.3 is 5.51 Å². The van der Waals surface area contributed by atoms with Gasteiger partial charge in [0.2, 0.25) is 0 Å². The second kappa shape index (κ2) is 8.03. The molecule has 120 valence electrons. The standard InChI is InChI=1S/C14H21F3N2OS/c1-9(7-10(2)20)19-13(8-18)11-3-5-12(6-4-11)21-14(15,16)17/h3-6,9-10,13,19-20H,7-8,18H2,1-2H3. The van der Waals surface area contributed by atoms with Gasteiger partial charge in [-0.25, -0.2) is 0 Å². The second-order valence-electron chi connectivity index (χ2n) is 5.06. The minimum Gasteiger partial charge on any atom is -0.393 e. The summed E-state index contributed by atoms with van der Waals surface area (Å²) >= 11 is -0.134. The number of aliphatic hydroxyl groups is 1. The van der Waals surface area contributed by atoms with Gasteiger partial charge in [0.25, 0.3) is 0 Å². The fourth-order valence-corrected chi connectivity index (χ4v) is 2.66. The zero-order chi connectivity index (χ0) is 16.0. The van der Waals surface area contributed by atoms with E-state index in [9.17, 15) is 18.3 Å². The van der Waals surface area contributed by atoms with Crippen molar-refractivity contribution in [2.24, 2.45) is 5.73 Å². The van der Waals surface area contributed by atoms with Crippen molar-refractivity contribution in [1.29, 1.82) is 0 Å². The van der Waals surface area contributed by atoms with Crippen LogP contribution in [-0.2, 0) is 0 Å². The molecule has 0 saturated heterocycles. The van der Waals surface area contributed by atoms with E-state index in [-0.39, 0.29) is 28.7 Å². The van der Waals surface area contributed by atoms with E-state index in [1.807, 2.05) is 6.92 Å². The maximum absolute atomic E-state index is 12.3. The molecular weight excluding hydrogens is 301 g/mol. The van der Waals surface area contributed by atoms with Gasteiger partial charge in [0.15, 0.2) is 0 Å². The average molecular weight is 322 g/mol. The molecule has 0 aliphatic rings. The van der Waals surface area contributed by atoms with Crippen LogP contribution in [-0.4, -0.2) is 29.3 Å². The zero-order valence-electron chi connectivity index (χ0n) is 12.0. The van der Waals surface area contributed by atoms with E-state index < -0.39 is 11.6 Å². The molecule has 0 heterocycles. The highest BCUT2D eigenvalue weighted by Gasteiger charge is 2.29. The molecule has 1 rings (SSSR count). The van der Waals surface area contributed by atoms with Crippen LogP contribution in [0.1, 0.15) is 31.9 Å². The van der Waals surface area contributed by atoms with Gasteiger partial charge in [-0.05, 0) is 49.7 Å². The maximum Gasteiger partial charge on any atom is 0.446 e. The highest BCUT2D eigenvalue weighted by molar-refractivity contribution is 8.00. The summed E-state index contributed by atoms with van der Waals surface area (Å²) in [4.78, 5) is 0.152. The number of rotatable bonds is 7. The van der Waals surface area contributed by atoms with Gasteiger partial charge in [0.1, 0.15) is 0 Å². The van der Waals surface area contributed by atoms with Crippen LogP contribution in [0.2, 0.25) is 0 Å².